The van der Waals surface area contributed by atoms with E-state index in [0.717, 1.165) is 5.56 Å². The maximum atomic E-state index is 12.2. The maximum Gasteiger partial charge on any atom is 0.307 e. The Balaban J connectivity index is 2.07. The van der Waals surface area contributed by atoms with E-state index in [-0.39, 0.29) is 28.9 Å². The summed E-state index contributed by atoms with van der Waals surface area (Å²) in [6.45, 7) is 4.48. The number of carbonyl (C=O) groups is 2. The normalized spacial score (nSPS) is 22.1. The summed E-state index contributed by atoms with van der Waals surface area (Å²) >= 11 is 1.62. The lowest BCUT2D eigenvalue weighted by Crippen LogP contribution is -2.32. The molecule has 0 spiro atoms. The third kappa shape index (κ3) is 3.33. The molecule has 1 heterocycles. The number of rotatable bonds is 5. The predicted molar refractivity (Wildman–Crippen MR) is 79.2 cm³/mol. The van der Waals surface area contributed by atoms with Crippen LogP contribution in [-0.2, 0) is 14.3 Å². The molecule has 1 amide bonds. The Labute approximate surface area is 123 Å². The zero-order valence-corrected chi connectivity index (χ0v) is 12.6. The summed E-state index contributed by atoms with van der Waals surface area (Å²) in [4.78, 5) is 25.5. The molecule has 20 heavy (non-hydrogen) atoms. The quantitative estimate of drug-likeness (QED) is 0.783. The molecular formula is C15H19NO3S. The number of esters is 1. The monoisotopic (exact) mass is 293 g/mol. The van der Waals surface area contributed by atoms with Crippen LogP contribution in [0.15, 0.2) is 30.3 Å². The number of ether oxygens (including phenoxy) is 1. The Kier molecular flexibility index (Phi) is 5.06. The molecule has 1 aliphatic heterocycles. The summed E-state index contributed by atoms with van der Waals surface area (Å²) < 4.78 is 4.92. The fraction of sp³-hybridized carbons (Fsp3) is 0.467. The second-order valence-electron chi connectivity index (χ2n) is 4.63. The summed E-state index contributed by atoms with van der Waals surface area (Å²) in [7, 11) is 0. The fourth-order valence-electron chi connectivity index (χ4n) is 2.22. The SMILES string of the molecule is CCOC(=O)CCN1C(=O)C(C)SC1c1ccccc1. The van der Waals surface area contributed by atoms with Gasteiger partial charge in [-0.05, 0) is 19.4 Å². The topological polar surface area (TPSA) is 46.6 Å². The van der Waals surface area contributed by atoms with Gasteiger partial charge < -0.3 is 9.64 Å². The van der Waals surface area contributed by atoms with Crippen LogP contribution in [0.2, 0.25) is 0 Å². The second-order valence-corrected chi connectivity index (χ2v) is 6.05. The number of hydrogen-bond donors (Lipinski definition) is 0. The minimum Gasteiger partial charge on any atom is -0.466 e. The zero-order chi connectivity index (χ0) is 14.5. The number of carbonyl (C=O) groups excluding carboxylic acids is 2. The van der Waals surface area contributed by atoms with Crippen molar-refractivity contribution in [2.75, 3.05) is 13.2 Å². The maximum absolute atomic E-state index is 12.2. The number of thioether (sulfide) groups is 1. The van der Waals surface area contributed by atoms with Crippen LogP contribution < -0.4 is 0 Å². The first-order valence-corrected chi connectivity index (χ1v) is 7.74. The smallest absolute Gasteiger partial charge is 0.307 e. The number of hydrogen-bond acceptors (Lipinski definition) is 4. The van der Waals surface area contributed by atoms with Crippen molar-refractivity contribution in [1.82, 2.24) is 4.90 Å². The highest BCUT2D eigenvalue weighted by Crippen LogP contribution is 2.42. The van der Waals surface area contributed by atoms with E-state index >= 15 is 0 Å². The fourth-order valence-corrected chi connectivity index (χ4v) is 3.53. The molecule has 0 aliphatic carbocycles. The molecule has 0 saturated carbocycles. The van der Waals surface area contributed by atoms with Gasteiger partial charge in [-0.25, -0.2) is 0 Å². The summed E-state index contributed by atoms with van der Waals surface area (Å²) in [5.41, 5.74) is 1.10. The highest BCUT2D eigenvalue weighted by atomic mass is 32.2. The standard InChI is InChI=1S/C15H19NO3S/c1-3-19-13(17)9-10-16-14(18)11(2)20-15(16)12-7-5-4-6-8-12/h4-8,11,15H,3,9-10H2,1-2H3. The Morgan fingerprint density at radius 1 is 1.35 bits per heavy atom. The van der Waals surface area contributed by atoms with E-state index in [9.17, 15) is 9.59 Å². The molecule has 1 saturated heterocycles. The molecule has 5 heteroatoms. The van der Waals surface area contributed by atoms with Gasteiger partial charge in [0.05, 0.1) is 18.3 Å². The van der Waals surface area contributed by atoms with Crippen molar-refractivity contribution >= 4 is 23.6 Å². The lowest BCUT2D eigenvalue weighted by atomic mass is 10.2. The van der Waals surface area contributed by atoms with Gasteiger partial charge in [0.1, 0.15) is 5.37 Å². The number of nitrogens with zero attached hydrogens (tertiary/aromatic N) is 1. The molecule has 1 aromatic rings. The minimum atomic E-state index is -0.253. The number of amides is 1. The van der Waals surface area contributed by atoms with Crippen molar-refractivity contribution in [3.63, 3.8) is 0 Å². The Morgan fingerprint density at radius 3 is 2.70 bits per heavy atom. The van der Waals surface area contributed by atoms with E-state index < -0.39 is 0 Å². The van der Waals surface area contributed by atoms with Gasteiger partial charge in [0.2, 0.25) is 5.91 Å². The van der Waals surface area contributed by atoms with E-state index in [4.69, 9.17) is 4.74 Å². The molecule has 2 atom stereocenters. The van der Waals surface area contributed by atoms with Crippen molar-refractivity contribution in [3.05, 3.63) is 35.9 Å². The van der Waals surface area contributed by atoms with Crippen molar-refractivity contribution < 1.29 is 14.3 Å². The molecule has 0 bridgehead atoms. The Hall–Kier alpha value is -1.49. The molecule has 2 unspecified atom stereocenters. The predicted octanol–water partition coefficient (Wildman–Crippen LogP) is 2.60. The van der Waals surface area contributed by atoms with E-state index in [2.05, 4.69) is 0 Å². The van der Waals surface area contributed by atoms with Crippen molar-refractivity contribution in [3.8, 4) is 0 Å². The van der Waals surface area contributed by atoms with Gasteiger partial charge in [-0.3, -0.25) is 9.59 Å². The van der Waals surface area contributed by atoms with E-state index in [1.165, 1.54) is 0 Å². The lowest BCUT2D eigenvalue weighted by Gasteiger charge is -2.23. The summed E-state index contributed by atoms with van der Waals surface area (Å²) in [5.74, 6) is -0.162. The second kappa shape index (κ2) is 6.79. The molecule has 0 radical (unpaired) electrons. The van der Waals surface area contributed by atoms with Gasteiger partial charge in [-0.1, -0.05) is 30.3 Å². The van der Waals surface area contributed by atoms with Crippen molar-refractivity contribution in [1.29, 1.82) is 0 Å². The van der Waals surface area contributed by atoms with Gasteiger partial charge in [-0.2, -0.15) is 0 Å². The molecule has 108 valence electrons. The van der Waals surface area contributed by atoms with Gasteiger partial charge >= 0.3 is 5.97 Å². The molecule has 0 N–H and O–H groups in total. The van der Waals surface area contributed by atoms with E-state index in [1.54, 1.807) is 23.6 Å². The average molecular weight is 293 g/mol. The molecule has 2 rings (SSSR count). The summed E-state index contributed by atoms with van der Waals surface area (Å²) in [6.07, 6.45) is 0.246. The van der Waals surface area contributed by atoms with Crippen molar-refractivity contribution in [2.24, 2.45) is 0 Å². The first-order chi connectivity index (χ1) is 9.63. The highest BCUT2D eigenvalue weighted by molar-refractivity contribution is 8.01. The largest absolute Gasteiger partial charge is 0.466 e. The van der Waals surface area contributed by atoms with Crippen LogP contribution >= 0.6 is 11.8 Å². The Morgan fingerprint density at radius 2 is 2.05 bits per heavy atom. The van der Waals surface area contributed by atoms with Crippen LogP contribution in [0.5, 0.6) is 0 Å². The third-order valence-electron chi connectivity index (χ3n) is 3.19. The first-order valence-electron chi connectivity index (χ1n) is 6.80. The molecule has 4 nitrogen and oxygen atoms in total. The summed E-state index contributed by atoms with van der Waals surface area (Å²) in [5, 5.41) is -0.0736. The Bertz CT molecular complexity index is 477. The van der Waals surface area contributed by atoms with Crippen LogP contribution in [0.1, 0.15) is 31.2 Å². The van der Waals surface area contributed by atoms with Crippen LogP contribution in [0.3, 0.4) is 0 Å². The molecular weight excluding hydrogens is 274 g/mol. The zero-order valence-electron chi connectivity index (χ0n) is 11.7. The lowest BCUT2D eigenvalue weighted by molar-refractivity contribution is -0.144. The molecule has 1 aromatic carbocycles. The first kappa shape index (κ1) is 14.9. The average Bonchev–Trinajstić information content (AvgIpc) is 2.74. The van der Waals surface area contributed by atoms with Crippen LogP contribution in [-0.4, -0.2) is 35.2 Å². The highest BCUT2D eigenvalue weighted by Gasteiger charge is 2.38. The van der Waals surface area contributed by atoms with Gasteiger partial charge in [-0.15, -0.1) is 11.8 Å². The number of benzene rings is 1. The van der Waals surface area contributed by atoms with Crippen molar-refractivity contribution in [2.45, 2.75) is 30.9 Å². The van der Waals surface area contributed by atoms with E-state index in [1.807, 2.05) is 37.3 Å². The van der Waals surface area contributed by atoms with Crippen LogP contribution in [0.4, 0.5) is 0 Å². The third-order valence-corrected chi connectivity index (χ3v) is 4.59. The van der Waals surface area contributed by atoms with Crippen LogP contribution in [0.25, 0.3) is 0 Å². The van der Waals surface area contributed by atoms with Gasteiger partial charge in [0.15, 0.2) is 0 Å². The van der Waals surface area contributed by atoms with Crippen LogP contribution in [0, 0.1) is 0 Å². The molecule has 1 aliphatic rings. The molecule has 1 fully saturated rings. The minimum absolute atomic E-state index is 0.00636. The summed E-state index contributed by atoms with van der Waals surface area (Å²) in [6, 6.07) is 9.91. The molecule has 0 aromatic heterocycles. The van der Waals surface area contributed by atoms with Gasteiger partial charge in [0.25, 0.3) is 0 Å². The van der Waals surface area contributed by atoms with E-state index in [0.29, 0.717) is 13.2 Å². The van der Waals surface area contributed by atoms with Gasteiger partial charge in [0, 0.05) is 6.54 Å².